The van der Waals surface area contributed by atoms with Gasteiger partial charge in [0.1, 0.15) is 6.07 Å². The van der Waals surface area contributed by atoms with E-state index in [-0.39, 0.29) is 41.4 Å². The van der Waals surface area contributed by atoms with Crippen molar-refractivity contribution >= 4 is 35.9 Å². The summed E-state index contributed by atoms with van der Waals surface area (Å²) in [5.41, 5.74) is 1.64. The lowest BCUT2D eigenvalue weighted by Crippen LogP contribution is -2.50. The van der Waals surface area contributed by atoms with Crippen LogP contribution < -0.4 is 20.7 Å². The number of nitrogens with zero attached hydrogens (tertiary/aromatic N) is 5. The summed E-state index contributed by atoms with van der Waals surface area (Å²) in [6.45, 7) is 9.02. The first-order chi connectivity index (χ1) is 25.3. The van der Waals surface area contributed by atoms with Gasteiger partial charge in [-0.05, 0) is 56.3 Å². The highest BCUT2D eigenvalue weighted by Crippen LogP contribution is 2.30. The molecule has 2 fully saturated rings. The molecule has 2 aliphatic rings. The summed E-state index contributed by atoms with van der Waals surface area (Å²) >= 11 is 6.20. The van der Waals surface area contributed by atoms with E-state index in [1.54, 1.807) is 18.2 Å². The van der Waals surface area contributed by atoms with Crippen LogP contribution in [-0.4, -0.2) is 110 Å². The molecule has 2 aliphatic heterocycles. The first-order valence-corrected chi connectivity index (χ1v) is 16.7. The van der Waals surface area contributed by atoms with Crippen LogP contribution in [0.1, 0.15) is 33.8 Å². The van der Waals surface area contributed by atoms with Gasteiger partial charge >= 0.3 is 6.18 Å². The number of nitriles is 1. The number of hydrogen-bond acceptors (Lipinski definition) is 9. The summed E-state index contributed by atoms with van der Waals surface area (Å²) < 4.78 is 65.9. The van der Waals surface area contributed by atoms with Gasteiger partial charge in [0, 0.05) is 70.7 Å². The van der Waals surface area contributed by atoms with Crippen molar-refractivity contribution in [1.82, 2.24) is 30.0 Å². The Hall–Kier alpha value is -5.05. The summed E-state index contributed by atoms with van der Waals surface area (Å²) in [4.78, 5) is 41.3. The molecular weight excluding hydrogens is 727 g/mol. The third-order valence-electron chi connectivity index (χ3n) is 7.74. The topological polar surface area (TPSA) is 145 Å². The maximum atomic E-state index is 14.0. The fourth-order valence-electron chi connectivity index (χ4n) is 4.83. The Morgan fingerprint density at radius 1 is 1.11 bits per heavy atom. The minimum absolute atomic E-state index is 0.0293. The van der Waals surface area contributed by atoms with Gasteiger partial charge in [0.2, 0.25) is 12.2 Å². The number of hydrogen-bond donors (Lipinski definition) is 3. The van der Waals surface area contributed by atoms with Crippen molar-refractivity contribution < 1.29 is 41.1 Å². The molecule has 288 valence electrons. The van der Waals surface area contributed by atoms with Crippen molar-refractivity contribution in [3.63, 3.8) is 0 Å². The van der Waals surface area contributed by atoms with Crippen LogP contribution in [0.25, 0.3) is 11.3 Å². The molecule has 5 rings (SSSR count). The van der Waals surface area contributed by atoms with Crippen molar-refractivity contribution in [1.29, 1.82) is 5.26 Å². The standard InChI is InChI=1S/C15H21ClN4O2.C13H9F2N3O2.C4H9N.C3H3F3/c1-17-12-2-3-13(14(16)10-12)15(22)20-8-6-19(7-9-20)5-4-18-11-21;1-18-9(6-17-11(18)7-19)8-2-3-10(20-5-4-16)13(15)12(8)14;1-2-4-5-3-1;1-2-3(4,5)6/h2-3,10-11,17H,4-9H2,1H3,(H,18,21);2-3,6-7H,5H2,1H3;5H,1-4H2;2H,1H2. The molecule has 0 unspecified atom stereocenters. The molecule has 3 aromatic rings. The monoisotopic (exact) mass is 768 g/mol. The largest absolute Gasteiger partial charge is 0.476 e. The van der Waals surface area contributed by atoms with E-state index in [1.165, 1.54) is 55.9 Å². The number of carbonyl (C=O) groups is 3. The average molecular weight is 769 g/mol. The zero-order valence-electron chi connectivity index (χ0n) is 29.3. The third kappa shape index (κ3) is 14.5. The summed E-state index contributed by atoms with van der Waals surface area (Å²) in [6.07, 6.45) is 1.02. The van der Waals surface area contributed by atoms with E-state index < -0.39 is 17.8 Å². The SMILES string of the molecule is C1CCNC1.C=CC(F)(F)F.CNc1ccc(C(=O)N2CCN(CCNC=O)CC2)c(Cl)c1.Cn1c(-c2ccc(OCC#N)c(F)c2F)cnc1C=O. The maximum absolute atomic E-state index is 14.0. The number of piperazine rings is 1. The average Bonchev–Trinajstić information content (AvgIpc) is 3.86. The van der Waals surface area contributed by atoms with Crippen LogP contribution in [0.4, 0.5) is 27.6 Å². The van der Waals surface area contributed by atoms with Crippen molar-refractivity contribution in [2.45, 2.75) is 19.0 Å². The molecular formula is C35H42ClF5N8O4. The molecule has 2 amide bonds. The molecule has 2 saturated heterocycles. The van der Waals surface area contributed by atoms with Gasteiger partial charge in [-0.25, -0.2) is 9.37 Å². The fraction of sp³-hybridized carbons (Fsp3) is 0.400. The smallest absolute Gasteiger partial charge is 0.409 e. The minimum Gasteiger partial charge on any atom is -0.476 e. The molecule has 2 aromatic carbocycles. The lowest BCUT2D eigenvalue weighted by molar-refractivity contribution is -0.109. The van der Waals surface area contributed by atoms with Crippen molar-refractivity contribution in [2.75, 3.05) is 71.3 Å². The van der Waals surface area contributed by atoms with Crippen LogP contribution >= 0.6 is 11.6 Å². The van der Waals surface area contributed by atoms with Crippen LogP contribution in [0.2, 0.25) is 5.02 Å². The quantitative estimate of drug-likeness (QED) is 0.112. The lowest BCUT2D eigenvalue weighted by atomic mass is 10.1. The lowest BCUT2D eigenvalue weighted by Gasteiger charge is -2.34. The number of benzene rings is 2. The predicted molar refractivity (Wildman–Crippen MR) is 191 cm³/mol. The molecule has 12 nitrogen and oxygen atoms in total. The summed E-state index contributed by atoms with van der Waals surface area (Å²) in [5.74, 6) is -2.58. The van der Waals surface area contributed by atoms with Crippen LogP contribution in [-0.2, 0) is 11.8 Å². The van der Waals surface area contributed by atoms with Gasteiger partial charge in [-0.1, -0.05) is 18.2 Å². The van der Waals surface area contributed by atoms with Crippen molar-refractivity contribution in [3.05, 3.63) is 77.2 Å². The summed E-state index contributed by atoms with van der Waals surface area (Å²) in [6, 6.07) is 9.56. The maximum Gasteiger partial charge on any atom is 0.409 e. The Balaban J connectivity index is 0.000000286. The number of aldehydes is 1. The molecule has 3 N–H and O–H groups in total. The second kappa shape index (κ2) is 22.8. The van der Waals surface area contributed by atoms with Crippen molar-refractivity contribution in [2.24, 2.45) is 7.05 Å². The van der Waals surface area contributed by atoms with E-state index in [0.717, 1.165) is 25.3 Å². The summed E-state index contributed by atoms with van der Waals surface area (Å²) in [7, 11) is 3.33. The number of anilines is 1. The van der Waals surface area contributed by atoms with E-state index in [0.29, 0.717) is 42.9 Å². The van der Waals surface area contributed by atoms with Gasteiger partial charge in [0.15, 0.2) is 30.3 Å². The Labute approximate surface area is 309 Å². The molecule has 1 aromatic heterocycles. The number of allylic oxidation sites excluding steroid dienone is 1. The minimum atomic E-state index is -4.19. The van der Waals surface area contributed by atoms with Crippen LogP contribution in [0, 0.1) is 23.0 Å². The van der Waals surface area contributed by atoms with E-state index in [9.17, 15) is 36.3 Å². The molecule has 53 heavy (non-hydrogen) atoms. The van der Waals surface area contributed by atoms with Gasteiger partial charge in [-0.3, -0.25) is 19.3 Å². The third-order valence-corrected chi connectivity index (χ3v) is 8.05. The number of nitrogens with one attached hydrogen (secondary N) is 3. The van der Waals surface area contributed by atoms with E-state index in [1.807, 2.05) is 18.0 Å². The highest BCUT2D eigenvalue weighted by molar-refractivity contribution is 6.34. The Morgan fingerprint density at radius 3 is 2.26 bits per heavy atom. The molecule has 3 heterocycles. The predicted octanol–water partition coefficient (Wildman–Crippen LogP) is 5.07. The zero-order chi connectivity index (χ0) is 39.4. The van der Waals surface area contributed by atoms with Gasteiger partial charge < -0.3 is 30.2 Å². The van der Waals surface area contributed by atoms with Gasteiger partial charge in [0.25, 0.3) is 5.91 Å². The van der Waals surface area contributed by atoms with E-state index in [4.69, 9.17) is 21.6 Å². The van der Waals surface area contributed by atoms with Crippen LogP contribution in [0.3, 0.4) is 0 Å². The van der Waals surface area contributed by atoms with E-state index in [2.05, 4.69) is 32.4 Å². The van der Waals surface area contributed by atoms with Crippen molar-refractivity contribution in [3.8, 4) is 23.1 Å². The first kappa shape index (κ1) is 44.1. The Morgan fingerprint density at radius 2 is 1.77 bits per heavy atom. The normalized spacial score (nSPS) is 13.8. The number of carbonyl (C=O) groups excluding carboxylic acids is 3. The molecule has 0 atom stereocenters. The fourth-order valence-corrected chi connectivity index (χ4v) is 5.09. The number of aromatic nitrogens is 2. The first-order valence-electron chi connectivity index (χ1n) is 16.3. The second-order valence-corrected chi connectivity index (χ2v) is 11.6. The zero-order valence-corrected chi connectivity index (χ0v) is 30.1. The molecule has 18 heteroatoms. The molecule has 0 saturated carbocycles. The number of amides is 2. The second-order valence-electron chi connectivity index (χ2n) is 11.2. The number of rotatable bonds is 10. The highest BCUT2D eigenvalue weighted by atomic mass is 35.5. The van der Waals surface area contributed by atoms with Crippen LogP contribution in [0.5, 0.6) is 5.75 Å². The molecule has 0 bridgehead atoms. The van der Waals surface area contributed by atoms with E-state index >= 15 is 0 Å². The Kier molecular flexibility index (Phi) is 19.0. The molecule has 0 radical (unpaired) electrons. The molecule has 0 aliphatic carbocycles. The number of imidazole rings is 1. The molecule has 0 spiro atoms. The number of ether oxygens (including phenoxy) is 1. The van der Waals surface area contributed by atoms with Gasteiger partial charge in [-0.2, -0.15) is 22.8 Å². The van der Waals surface area contributed by atoms with Gasteiger partial charge in [0.05, 0.1) is 22.5 Å². The Bertz CT molecular complexity index is 1680. The number of alkyl halides is 3. The highest BCUT2D eigenvalue weighted by Gasteiger charge is 2.24. The summed E-state index contributed by atoms with van der Waals surface area (Å²) in [5, 5.41) is 17.7. The van der Waals surface area contributed by atoms with Gasteiger partial charge in [-0.15, -0.1) is 0 Å². The van der Waals surface area contributed by atoms with Crippen LogP contribution in [0.15, 0.2) is 49.2 Å². The number of halogens is 6.